The zero-order valence-corrected chi connectivity index (χ0v) is 16.2. The van der Waals surface area contributed by atoms with Crippen LogP contribution in [-0.2, 0) is 13.5 Å². The lowest BCUT2D eigenvalue weighted by molar-refractivity contribution is 0.101. The molecule has 0 aliphatic carbocycles. The number of anilines is 1. The number of H-pyrrole nitrogens is 1. The van der Waals surface area contributed by atoms with Gasteiger partial charge in [0.1, 0.15) is 11.5 Å². The van der Waals surface area contributed by atoms with E-state index in [9.17, 15) is 4.79 Å². The third-order valence-electron chi connectivity index (χ3n) is 4.60. The number of benzene rings is 2. The molecule has 6 heteroatoms. The van der Waals surface area contributed by atoms with Gasteiger partial charge in [0.25, 0.3) is 5.91 Å². The van der Waals surface area contributed by atoms with Gasteiger partial charge in [-0.05, 0) is 42.7 Å². The van der Waals surface area contributed by atoms with Crippen molar-refractivity contribution in [2.24, 2.45) is 13.0 Å². The third kappa shape index (κ3) is 3.53. The highest BCUT2D eigenvalue weighted by molar-refractivity contribution is 6.05. The van der Waals surface area contributed by atoms with Crippen molar-refractivity contribution in [3.05, 3.63) is 66.0 Å². The minimum Gasteiger partial charge on any atom is -0.338 e. The quantitative estimate of drug-likeness (QED) is 0.544. The Morgan fingerprint density at radius 1 is 1.14 bits per heavy atom. The molecule has 2 aromatic heterocycles. The Labute approximate surface area is 163 Å². The van der Waals surface area contributed by atoms with Crippen LogP contribution in [0.1, 0.15) is 30.0 Å². The zero-order valence-electron chi connectivity index (χ0n) is 16.2. The van der Waals surface area contributed by atoms with Gasteiger partial charge < -0.3 is 10.3 Å². The van der Waals surface area contributed by atoms with Crippen molar-refractivity contribution in [3.63, 3.8) is 0 Å². The summed E-state index contributed by atoms with van der Waals surface area (Å²) in [4.78, 5) is 20.9. The van der Waals surface area contributed by atoms with Gasteiger partial charge in [0.15, 0.2) is 0 Å². The summed E-state index contributed by atoms with van der Waals surface area (Å²) in [5.41, 5.74) is 4.87. The number of amides is 1. The highest BCUT2D eigenvalue weighted by atomic mass is 16.2. The Morgan fingerprint density at radius 3 is 2.68 bits per heavy atom. The average Bonchev–Trinajstić information content (AvgIpc) is 3.24. The number of fused-ring (bicyclic) bond motifs is 1. The molecule has 28 heavy (non-hydrogen) atoms. The zero-order chi connectivity index (χ0) is 19.7. The molecular formula is C22H23N5O. The molecule has 0 saturated heterocycles. The summed E-state index contributed by atoms with van der Waals surface area (Å²) in [6.45, 7) is 4.27. The van der Waals surface area contributed by atoms with E-state index in [1.807, 2.05) is 54.6 Å². The van der Waals surface area contributed by atoms with Crippen molar-refractivity contribution < 1.29 is 4.79 Å². The van der Waals surface area contributed by atoms with Crippen LogP contribution in [0.5, 0.6) is 0 Å². The van der Waals surface area contributed by atoms with E-state index in [4.69, 9.17) is 0 Å². The van der Waals surface area contributed by atoms with Crippen LogP contribution < -0.4 is 5.32 Å². The van der Waals surface area contributed by atoms with Crippen LogP contribution in [0.2, 0.25) is 0 Å². The molecule has 0 radical (unpaired) electrons. The molecule has 0 fully saturated rings. The number of aromatic nitrogens is 4. The normalized spacial score (nSPS) is 11.3. The minimum absolute atomic E-state index is 0.187. The number of imidazole rings is 1. The molecule has 1 amide bonds. The smallest absolute Gasteiger partial charge is 0.273 e. The molecule has 2 N–H and O–H groups in total. The van der Waals surface area contributed by atoms with Gasteiger partial charge in [-0.15, -0.1) is 0 Å². The Balaban J connectivity index is 1.64. The summed E-state index contributed by atoms with van der Waals surface area (Å²) in [5, 5.41) is 7.48. The summed E-state index contributed by atoms with van der Waals surface area (Å²) < 4.78 is 1.64. The van der Waals surface area contributed by atoms with Gasteiger partial charge in [0.05, 0.1) is 22.4 Å². The number of carbonyl (C=O) groups is 1. The van der Waals surface area contributed by atoms with Crippen LogP contribution in [-0.4, -0.2) is 25.7 Å². The maximum atomic E-state index is 12.9. The highest BCUT2D eigenvalue weighted by Gasteiger charge is 2.17. The van der Waals surface area contributed by atoms with Crippen molar-refractivity contribution in [1.29, 1.82) is 0 Å². The average molecular weight is 373 g/mol. The number of hydrogen-bond donors (Lipinski definition) is 2. The first-order valence-corrected chi connectivity index (χ1v) is 9.39. The molecule has 0 unspecified atom stereocenters. The Kier molecular flexibility index (Phi) is 4.69. The SMILES string of the molecule is CC(C)Cc1cc(C(=O)Nc2ccccc2-c2nc3ccccc3[nH]2)n(C)n1. The van der Waals surface area contributed by atoms with E-state index >= 15 is 0 Å². The van der Waals surface area contributed by atoms with Gasteiger partial charge in [-0.3, -0.25) is 9.48 Å². The highest BCUT2D eigenvalue weighted by Crippen LogP contribution is 2.28. The number of para-hydroxylation sites is 3. The van der Waals surface area contributed by atoms with Crippen molar-refractivity contribution in [1.82, 2.24) is 19.7 Å². The number of aryl methyl sites for hydroxylation is 1. The second-order valence-electron chi connectivity index (χ2n) is 7.34. The van der Waals surface area contributed by atoms with Crippen molar-refractivity contribution in [2.75, 3.05) is 5.32 Å². The van der Waals surface area contributed by atoms with Crippen molar-refractivity contribution in [2.45, 2.75) is 20.3 Å². The standard InChI is InChI=1S/C22H23N5O/c1-14(2)12-15-13-20(27(3)26-15)22(28)25-17-9-5-4-8-16(17)21-23-18-10-6-7-11-19(18)24-21/h4-11,13-14H,12H2,1-3H3,(H,23,24)(H,25,28). The largest absolute Gasteiger partial charge is 0.338 e. The predicted molar refractivity (Wildman–Crippen MR) is 111 cm³/mol. The molecule has 0 spiro atoms. The molecule has 0 saturated carbocycles. The van der Waals surface area contributed by atoms with E-state index < -0.39 is 0 Å². The molecule has 142 valence electrons. The summed E-state index contributed by atoms with van der Waals surface area (Å²) in [6.07, 6.45) is 0.844. The molecule has 0 aliphatic heterocycles. The molecular weight excluding hydrogens is 350 g/mol. The maximum absolute atomic E-state index is 12.9. The van der Waals surface area contributed by atoms with Crippen LogP contribution >= 0.6 is 0 Å². The van der Waals surface area contributed by atoms with E-state index in [2.05, 4.69) is 34.2 Å². The van der Waals surface area contributed by atoms with E-state index in [1.165, 1.54) is 0 Å². The predicted octanol–water partition coefficient (Wildman–Crippen LogP) is 4.41. The van der Waals surface area contributed by atoms with E-state index in [-0.39, 0.29) is 5.91 Å². The molecule has 0 atom stereocenters. The summed E-state index contributed by atoms with van der Waals surface area (Å²) in [5.74, 6) is 1.02. The maximum Gasteiger partial charge on any atom is 0.273 e. The third-order valence-corrected chi connectivity index (χ3v) is 4.60. The molecule has 0 bridgehead atoms. The first-order chi connectivity index (χ1) is 13.5. The number of carbonyl (C=O) groups excluding carboxylic acids is 1. The second-order valence-corrected chi connectivity index (χ2v) is 7.34. The minimum atomic E-state index is -0.187. The lowest BCUT2D eigenvalue weighted by Gasteiger charge is -2.09. The number of aromatic amines is 1. The van der Waals surface area contributed by atoms with E-state index in [1.54, 1.807) is 11.7 Å². The first-order valence-electron chi connectivity index (χ1n) is 9.39. The van der Waals surface area contributed by atoms with Gasteiger partial charge in [-0.25, -0.2) is 4.98 Å². The van der Waals surface area contributed by atoms with E-state index in [0.717, 1.165) is 34.5 Å². The van der Waals surface area contributed by atoms with Crippen LogP contribution in [0.4, 0.5) is 5.69 Å². The number of nitrogens with zero attached hydrogens (tertiary/aromatic N) is 3. The Bertz CT molecular complexity index is 1110. The lowest BCUT2D eigenvalue weighted by Crippen LogP contribution is -2.16. The van der Waals surface area contributed by atoms with Gasteiger partial charge in [-0.1, -0.05) is 38.1 Å². The monoisotopic (exact) mass is 373 g/mol. The van der Waals surface area contributed by atoms with Crippen LogP contribution in [0.15, 0.2) is 54.6 Å². The van der Waals surface area contributed by atoms with Gasteiger partial charge in [0, 0.05) is 12.6 Å². The molecule has 6 nitrogen and oxygen atoms in total. The summed E-state index contributed by atoms with van der Waals surface area (Å²) in [7, 11) is 1.80. The second kappa shape index (κ2) is 7.31. The molecule has 0 aliphatic rings. The van der Waals surface area contributed by atoms with Crippen LogP contribution in [0.3, 0.4) is 0 Å². The van der Waals surface area contributed by atoms with Crippen molar-refractivity contribution in [3.8, 4) is 11.4 Å². The Hall–Kier alpha value is -3.41. The number of rotatable bonds is 5. The van der Waals surface area contributed by atoms with E-state index in [0.29, 0.717) is 17.3 Å². The van der Waals surface area contributed by atoms with Crippen LogP contribution in [0, 0.1) is 5.92 Å². The topological polar surface area (TPSA) is 75.6 Å². The molecule has 2 aromatic carbocycles. The fourth-order valence-electron chi connectivity index (χ4n) is 3.32. The van der Waals surface area contributed by atoms with Gasteiger partial charge in [-0.2, -0.15) is 5.10 Å². The molecule has 4 aromatic rings. The number of nitrogens with one attached hydrogen (secondary N) is 2. The van der Waals surface area contributed by atoms with Gasteiger partial charge >= 0.3 is 0 Å². The van der Waals surface area contributed by atoms with Crippen molar-refractivity contribution >= 4 is 22.6 Å². The first kappa shape index (κ1) is 18.0. The molecule has 4 rings (SSSR count). The summed E-state index contributed by atoms with van der Waals surface area (Å²) in [6, 6.07) is 17.4. The van der Waals surface area contributed by atoms with Crippen LogP contribution in [0.25, 0.3) is 22.4 Å². The number of hydrogen-bond acceptors (Lipinski definition) is 3. The summed E-state index contributed by atoms with van der Waals surface area (Å²) >= 11 is 0. The van der Waals surface area contributed by atoms with Gasteiger partial charge in [0.2, 0.25) is 0 Å². The fourth-order valence-corrected chi connectivity index (χ4v) is 3.32. The fraction of sp³-hybridized carbons (Fsp3) is 0.227. The molecule has 2 heterocycles. The Morgan fingerprint density at radius 2 is 1.89 bits per heavy atom. The lowest BCUT2D eigenvalue weighted by atomic mass is 10.1.